The molecule has 0 fully saturated rings. The first-order valence-corrected chi connectivity index (χ1v) is 25.2. The van der Waals surface area contributed by atoms with Crippen molar-refractivity contribution in [3.63, 3.8) is 0 Å². The summed E-state index contributed by atoms with van der Waals surface area (Å²) in [5.41, 5.74) is 18.9. The number of anilines is 2. The molecule has 0 radical (unpaired) electrons. The quantitative estimate of drug-likeness (QED) is 0.0656. The molecule has 20 heteroatoms. The summed E-state index contributed by atoms with van der Waals surface area (Å²) in [6.45, 7) is 0.151. The number of aliphatic hydroxyl groups is 2. The Morgan fingerprint density at radius 2 is 0.843 bits per heavy atom. The van der Waals surface area contributed by atoms with E-state index in [1.54, 1.807) is 48.5 Å². The number of thiazole rings is 2. The van der Waals surface area contributed by atoms with E-state index in [4.69, 9.17) is 54.4 Å². The Bertz CT molecular complexity index is 3070. The van der Waals surface area contributed by atoms with Crippen LogP contribution in [0.3, 0.4) is 0 Å². The van der Waals surface area contributed by atoms with E-state index >= 15 is 0 Å². The number of hydrogen-bond donors (Lipinski definition) is 4. The molecule has 0 saturated carbocycles. The number of aromatic nitrogens is 4. The van der Waals surface area contributed by atoms with Crippen molar-refractivity contribution in [2.45, 2.75) is 21.6 Å². The molecule has 8 aromatic rings. The lowest BCUT2D eigenvalue weighted by molar-refractivity contribution is 0.201. The first-order valence-electron chi connectivity index (χ1n) is 20.7. The summed E-state index contributed by atoms with van der Waals surface area (Å²) < 4.78 is 10.8. The predicted molar refractivity (Wildman–Crippen MR) is 276 cm³/mol. The van der Waals surface area contributed by atoms with Crippen LogP contribution in [0.4, 0.5) is 11.6 Å². The molecule has 0 saturated heterocycles. The van der Waals surface area contributed by atoms with Gasteiger partial charge >= 0.3 is 0 Å². The molecule has 70 heavy (non-hydrogen) atoms. The molecule has 4 heterocycles. The summed E-state index contributed by atoms with van der Waals surface area (Å²) in [4.78, 5) is 18.1. The Kier molecular flexibility index (Phi) is 17.6. The van der Waals surface area contributed by atoms with Crippen LogP contribution in [0, 0.1) is 45.3 Å². The maximum absolute atomic E-state index is 9.98. The first-order chi connectivity index (χ1) is 34.1. The highest BCUT2D eigenvalue weighted by molar-refractivity contribution is 7.98. The zero-order valence-electron chi connectivity index (χ0n) is 36.5. The average Bonchev–Trinajstić information content (AvgIpc) is 4.07. The smallest absolute Gasteiger partial charge is 0.143 e. The van der Waals surface area contributed by atoms with E-state index in [0.717, 1.165) is 32.5 Å². The molecule has 0 unspecified atom stereocenters. The Balaban J connectivity index is 0.000000206. The van der Waals surface area contributed by atoms with Crippen LogP contribution in [-0.2, 0) is 11.5 Å². The second-order valence-corrected chi connectivity index (χ2v) is 18.9. The molecular formula is C50H36Cl2N10O4S4. The molecule has 0 amide bonds. The number of rotatable bonds is 16. The number of pyridine rings is 2. The second-order valence-electron chi connectivity index (χ2n) is 14.4. The highest BCUT2D eigenvalue weighted by Gasteiger charge is 2.23. The lowest BCUT2D eigenvalue weighted by atomic mass is 9.97. The number of hydrogen-bond acceptors (Lipinski definition) is 18. The third-order valence-corrected chi connectivity index (χ3v) is 14.2. The van der Waals surface area contributed by atoms with Gasteiger partial charge in [0, 0.05) is 54.6 Å². The van der Waals surface area contributed by atoms with Gasteiger partial charge in [-0.25, -0.2) is 19.9 Å². The number of nitrogen functional groups attached to an aromatic ring is 2. The van der Waals surface area contributed by atoms with E-state index in [0.29, 0.717) is 65.4 Å². The highest BCUT2D eigenvalue weighted by atomic mass is 35.5. The minimum Gasteiger partial charge on any atom is -0.491 e. The molecule has 0 aliphatic carbocycles. The number of aliphatic hydroxyl groups excluding tert-OH is 2. The predicted octanol–water partition coefficient (Wildman–Crippen LogP) is 11.0. The van der Waals surface area contributed by atoms with Crippen LogP contribution in [0.25, 0.3) is 43.4 Å². The van der Waals surface area contributed by atoms with E-state index in [9.17, 15) is 21.0 Å². The van der Waals surface area contributed by atoms with Gasteiger partial charge < -0.3 is 31.2 Å². The largest absolute Gasteiger partial charge is 0.491 e. The summed E-state index contributed by atoms with van der Waals surface area (Å²) >= 11 is 17.7. The van der Waals surface area contributed by atoms with Crippen molar-refractivity contribution in [3.8, 4) is 79.2 Å². The minimum absolute atomic E-state index is 0.0599. The SMILES string of the molecule is N#Cc1c(N)nc(SCc2csc(-c3ccc(Cl)cc3)n2)c(C#N)c1-c1ccc(OCCO)cc1.N#Cc1c(N)nc(SCc2csc(-c3ccc(Cl)cc3)n2)c(C#N)c1-c1ccc(OCCO)cc1. The van der Waals surface area contributed by atoms with Gasteiger partial charge in [0.05, 0.1) is 35.7 Å². The van der Waals surface area contributed by atoms with E-state index in [-0.39, 0.29) is 60.3 Å². The van der Waals surface area contributed by atoms with Gasteiger partial charge in [-0.05, 0) is 59.7 Å². The topological polar surface area (TPSA) is 258 Å². The molecule has 0 bridgehead atoms. The van der Waals surface area contributed by atoms with Crippen molar-refractivity contribution >= 4 is 81.0 Å². The van der Waals surface area contributed by atoms with Gasteiger partial charge in [0.15, 0.2) is 0 Å². The number of ether oxygens (including phenoxy) is 2. The molecule has 0 aliphatic heterocycles. The van der Waals surface area contributed by atoms with Crippen molar-refractivity contribution in [2.75, 3.05) is 37.9 Å². The van der Waals surface area contributed by atoms with Crippen LogP contribution in [0.5, 0.6) is 11.5 Å². The summed E-state index contributed by atoms with van der Waals surface area (Å²) in [7, 11) is 0. The van der Waals surface area contributed by atoms with Crippen LogP contribution in [0.2, 0.25) is 10.0 Å². The zero-order valence-corrected chi connectivity index (χ0v) is 41.2. The Morgan fingerprint density at radius 1 is 0.500 bits per heavy atom. The second kappa shape index (κ2) is 24.4. The van der Waals surface area contributed by atoms with Crippen LogP contribution in [0.15, 0.2) is 118 Å². The first kappa shape index (κ1) is 50.7. The highest BCUT2D eigenvalue weighted by Crippen LogP contribution is 2.40. The van der Waals surface area contributed by atoms with Crippen molar-refractivity contribution in [1.29, 1.82) is 21.0 Å². The fraction of sp³-hybridized carbons (Fsp3) is 0.120. The molecular weight excluding hydrogens is 1000 g/mol. The van der Waals surface area contributed by atoms with E-state index in [2.05, 4.69) is 44.2 Å². The normalized spacial score (nSPS) is 10.5. The summed E-state index contributed by atoms with van der Waals surface area (Å²) in [6.07, 6.45) is 0. The van der Waals surface area contributed by atoms with E-state index in [1.165, 1.54) is 46.2 Å². The molecule has 4 aromatic heterocycles. The number of nitrogens with zero attached hydrogens (tertiary/aromatic N) is 8. The third kappa shape index (κ3) is 12.3. The number of thioether (sulfide) groups is 2. The molecule has 0 spiro atoms. The van der Waals surface area contributed by atoms with Crippen molar-refractivity contribution in [1.82, 2.24) is 19.9 Å². The van der Waals surface area contributed by atoms with Gasteiger partial charge in [-0.2, -0.15) is 21.0 Å². The number of halogens is 2. The van der Waals surface area contributed by atoms with Crippen molar-refractivity contribution in [2.24, 2.45) is 0 Å². The standard InChI is InChI=1S/2C25H18ClN5O2S2/c2*26-17-5-1-16(2-6-17)24-30-18(13-34-24)14-35-25-21(12-28)22(20(11-27)23(29)31-25)15-3-7-19(8-4-15)33-10-9-32/h2*1-8,13,32H,9-10,14H2,(H2,29,31). The third-order valence-electron chi connectivity index (χ3n) is 9.84. The number of benzene rings is 4. The van der Waals surface area contributed by atoms with Crippen LogP contribution >= 0.6 is 69.4 Å². The Hall–Kier alpha value is -7.20. The van der Waals surface area contributed by atoms with E-state index < -0.39 is 0 Å². The molecule has 348 valence electrons. The maximum Gasteiger partial charge on any atom is 0.143 e. The van der Waals surface area contributed by atoms with Gasteiger partial charge in [0.1, 0.15) is 91.8 Å². The fourth-order valence-electron chi connectivity index (χ4n) is 6.63. The van der Waals surface area contributed by atoms with Gasteiger partial charge in [-0.15, -0.1) is 22.7 Å². The van der Waals surface area contributed by atoms with Gasteiger partial charge in [-0.1, -0.05) is 95.3 Å². The minimum atomic E-state index is -0.0967. The monoisotopic (exact) mass is 1040 g/mol. The molecule has 0 atom stereocenters. The average molecular weight is 1040 g/mol. The number of nitrogens with two attached hydrogens (primary N) is 2. The van der Waals surface area contributed by atoms with Crippen LogP contribution in [-0.4, -0.2) is 56.6 Å². The van der Waals surface area contributed by atoms with Crippen LogP contribution in [0.1, 0.15) is 33.6 Å². The van der Waals surface area contributed by atoms with Crippen molar-refractivity contribution < 1.29 is 19.7 Å². The molecule has 6 N–H and O–H groups in total. The lowest BCUT2D eigenvalue weighted by Crippen LogP contribution is -2.04. The summed E-state index contributed by atoms with van der Waals surface area (Å²) in [5, 5.41) is 65.1. The molecule has 0 aliphatic rings. The summed E-state index contributed by atoms with van der Waals surface area (Å²) in [6, 6.07) is 37.4. The molecule has 8 rings (SSSR count). The fourth-order valence-corrected chi connectivity index (χ4v) is 10.5. The van der Waals surface area contributed by atoms with Crippen LogP contribution < -0.4 is 20.9 Å². The summed E-state index contributed by atoms with van der Waals surface area (Å²) in [5.74, 6) is 2.21. The molecule has 4 aromatic carbocycles. The molecule has 14 nitrogen and oxygen atoms in total. The number of nitriles is 4. The van der Waals surface area contributed by atoms with Gasteiger partial charge in [0.25, 0.3) is 0 Å². The Labute approximate surface area is 429 Å². The van der Waals surface area contributed by atoms with E-state index in [1.807, 2.05) is 59.3 Å². The lowest BCUT2D eigenvalue weighted by Gasteiger charge is -2.13. The van der Waals surface area contributed by atoms with Gasteiger partial charge in [-0.3, -0.25) is 0 Å². The maximum atomic E-state index is 9.98. The Morgan fingerprint density at radius 3 is 1.17 bits per heavy atom. The van der Waals surface area contributed by atoms with Crippen molar-refractivity contribution in [3.05, 3.63) is 152 Å². The van der Waals surface area contributed by atoms with Gasteiger partial charge in [0.2, 0.25) is 0 Å². The zero-order chi connectivity index (χ0) is 49.6.